The molecule has 0 spiro atoms. The Morgan fingerprint density at radius 1 is 0.917 bits per heavy atom. The zero-order valence-electron chi connectivity index (χ0n) is 21.9. The molecule has 36 heavy (non-hydrogen) atoms. The van der Waals surface area contributed by atoms with Gasteiger partial charge in [0.25, 0.3) is 0 Å². The van der Waals surface area contributed by atoms with Gasteiger partial charge in [-0.2, -0.15) is 0 Å². The summed E-state index contributed by atoms with van der Waals surface area (Å²) in [7, 11) is 0. The fourth-order valence-corrected chi connectivity index (χ4v) is 4.47. The van der Waals surface area contributed by atoms with Crippen molar-refractivity contribution in [3.05, 3.63) is 45.8 Å². The molecular formula is C29H42N2O5. The van der Waals surface area contributed by atoms with Crippen LogP contribution >= 0.6 is 0 Å². The topological polar surface area (TPSA) is 119 Å². The van der Waals surface area contributed by atoms with Gasteiger partial charge in [0.1, 0.15) is 5.58 Å². The Balaban J connectivity index is 1.77. The minimum atomic E-state index is -0.970. The van der Waals surface area contributed by atoms with E-state index in [0.717, 1.165) is 30.2 Å². The van der Waals surface area contributed by atoms with Crippen molar-refractivity contribution in [2.45, 2.75) is 110 Å². The Morgan fingerprint density at radius 3 is 2.14 bits per heavy atom. The number of carbonyl (C=O) groups excluding carboxylic acids is 3. The lowest BCUT2D eigenvalue weighted by Crippen LogP contribution is -2.44. The Bertz CT molecular complexity index is 1060. The van der Waals surface area contributed by atoms with Crippen molar-refractivity contribution >= 4 is 28.6 Å². The van der Waals surface area contributed by atoms with Gasteiger partial charge in [-0.05, 0) is 30.5 Å². The molecule has 7 heteroatoms. The normalized spacial score (nSPS) is 11.9. The van der Waals surface area contributed by atoms with E-state index in [1.54, 1.807) is 18.2 Å². The predicted molar refractivity (Wildman–Crippen MR) is 143 cm³/mol. The molecule has 0 aliphatic carbocycles. The number of fused-ring (bicyclic) bond motifs is 1. The van der Waals surface area contributed by atoms with Crippen molar-refractivity contribution in [3.8, 4) is 0 Å². The van der Waals surface area contributed by atoms with E-state index in [9.17, 15) is 19.2 Å². The molecule has 2 amide bonds. The lowest BCUT2D eigenvalue weighted by Gasteiger charge is -2.16. The molecule has 2 aromatic rings. The van der Waals surface area contributed by atoms with E-state index in [0.29, 0.717) is 17.6 Å². The van der Waals surface area contributed by atoms with E-state index in [-0.39, 0.29) is 24.5 Å². The number of benzene rings is 1. The van der Waals surface area contributed by atoms with E-state index in [1.165, 1.54) is 57.4 Å². The molecule has 1 aromatic carbocycles. The van der Waals surface area contributed by atoms with Crippen LogP contribution in [0, 0.1) is 6.92 Å². The number of carbonyl (C=O) groups is 3. The standard InChI is InChI=1S/C29H42N2O5/c1-3-4-5-6-7-8-9-10-11-12-13-14-28(34)31-24(20-27(30)33)25(32)18-22-15-16-23-21(2)17-29(35)36-26(23)19-22/h15-17,19,24H,3-14,18,20H2,1-2H3,(H2,30,33)(H,31,34)/t24-/m1/s1. The average Bonchev–Trinajstić information content (AvgIpc) is 2.81. The van der Waals surface area contributed by atoms with Crippen molar-refractivity contribution in [3.63, 3.8) is 0 Å². The van der Waals surface area contributed by atoms with Gasteiger partial charge >= 0.3 is 5.63 Å². The number of aryl methyl sites for hydroxylation is 1. The monoisotopic (exact) mass is 498 g/mol. The number of amides is 2. The van der Waals surface area contributed by atoms with Crippen molar-refractivity contribution < 1.29 is 18.8 Å². The Hall–Kier alpha value is -2.96. The molecule has 0 saturated heterocycles. The van der Waals surface area contributed by atoms with E-state index in [1.807, 2.05) is 6.92 Å². The SMILES string of the molecule is CCCCCCCCCCCCCC(=O)N[C@H](CC(N)=O)C(=O)Cc1ccc2c(C)cc(=O)oc2c1. The maximum Gasteiger partial charge on any atom is 0.336 e. The van der Waals surface area contributed by atoms with Gasteiger partial charge in [0.15, 0.2) is 5.78 Å². The highest BCUT2D eigenvalue weighted by molar-refractivity contribution is 5.94. The molecule has 3 N–H and O–H groups in total. The van der Waals surface area contributed by atoms with Crippen molar-refractivity contribution in [2.24, 2.45) is 5.73 Å². The Kier molecular flexibility index (Phi) is 12.9. The van der Waals surface area contributed by atoms with Gasteiger partial charge in [-0.15, -0.1) is 0 Å². The molecule has 0 radical (unpaired) electrons. The molecule has 198 valence electrons. The van der Waals surface area contributed by atoms with Crippen LogP contribution in [-0.4, -0.2) is 23.6 Å². The zero-order chi connectivity index (χ0) is 26.3. The number of primary amides is 1. The summed E-state index contributed by atoms with van der Waals surface area (Å²) in [6.07, 6.45) is 13.2. The summed E-state index contributed by atoms with van der Waals surface area (Å²) >= 11 is 0. The summed E-state index contributed by atoms with van der Waals surface area (Å²) in [6, 6.07) is 5.67. The first-order chi connectivity index (χ1) is 17.3. The summed E-state index contributed by atoms with van der Waals surface area (Å²) in [5.41, 5.74) is 6.70. The van der Waals surface area contributed by atoms with Crippen molar-refractivity contribution in [1.29, 1.82) is 0 Å². The minimum Gasteiger partial charge on any atom is -0.423 e. The largest absolute Gasteiger partial charge is 0.423 e. The summed E-state index contributed by atoms with van der Waals surface area (Å²) in [6.45, 7) is 4.05. The third kappa shape index (κ3) is 10.8. The van der Waals surface area contributed by atoms with E-state index < -0.39 is 17.6 Å². The second-order valence-electron chi connectivity index (χ2n) is 9.80. The average molecular weight is 499 g/mol. The molecule has 0 unspecified atom stereocenters. The first-order valence-electron chi connectivity index (χ1n) is 13.4. The maximum atomic E-state index is 12.9. The maximum absolute atomic E-state index is 12.9. The van der Waals surface area contributed by atoms with Crippen LogP contribution in [0.25, 0.3) is 11.0 Å². The number of ketones is 1. The molecule has 2 rings (SSSR count). The van der Waals surface area contributed by atoms with Crippen LogP contribution in [0.5, 0.6) is 0 Å². The van der Waals surface area contributed by atoms with Crippen molar-refractivity contribution in [1.82, 2.24) is 5.32 Å². The smallest absolute Gasteiger partial charge is 0.336 e. The fraction of sp³-hybridized carbons (Fsp3) is 0.586. The lowest BCUT2D eigenvalue weighted by atomic mass is 9.99. The number of Topliss-reactive ketones (excluding diaryl/α,β-unsaturated/α-hetero) is 1. The first kappa shape index (κ1) is 29.3. The van der Waals surface area contributed by atoms with Gasteiger partial charge in [0.05, 0.1) is 12.5 Å². The van der Waals surface area contributed by atoms with Gasteiger partial charge < -0.3 is 15.5 Å². The van der Waals surface area contributed by atoms with E-state index in [4.69, 9.17) is 10.2 Å². The second kappa shape index (κ2) is 15.9. The number of rotatable bonds is 18. The number of unbranched alkanes of at least 4 members (excludes halogenated alkanes) is 10. The van der Waals surface area contributed by atoms with Crippen LogP contribution in [0.2, 0.25) is 0 Å². The molecule has 0 saturated carbocycles. The third-order valence-corrected chi connectivity index (χ3v) is 6.53. The lowest BCUT2D eigenvalue weighted by molar-refractivity contribution is -0.129. The summed E-state index contributed by atoms with van der Waals surface area (Å²) in [5.74, 6) is -1.20. The predicted octanol–water partition coefficient (Wildman–Crippen LogP) is 5.27. The molecule has 7 nitrogen and oxygen atoms in total. The van der Waals surface area contributed by atoms with Crippen LogP contribution in [-0.2, 0) is 20.8 Å². The van der Waals surface area contributed by atoms with Gasteiger partial charge in [0, 0.05) is 24.3 Å². The van der Waals surface area contributed by atoms with Crippen molar-refractivity contribution in [2.75, 3.05) is 0 Å². The molecule has 1 heterocycles. The van der Waals surface area contributed by atoms with Crippen LogP contribution < -0.4 is 16.7 Å². The molecule has 0 fully saturated rings. The molecule has 0 aliphatic rings. The van der Waals surface area contributed by atoms with Gasteiger partial charge in [-0.25, -0.2) is 4.79 Å². The summed E-state index contributed by atoms with van der Waals surface area (Å²) < 4.78 is 5.25. The Labute approximate surface area is 214 Å². The highest BCUT2D eigenvalue weighted by atomic mass is 16.4. The highest BCUT2D eigenvalue weighted by Gasteiger charge is 2.23. The molecule has 0 aliphatic heterocycles. The second-order valence-corrected chi connectivity index (χ2v) is 9.80. The highest BCUT2D eigenvalue weighted by Crippen LogP contribution is 2.19. The summed E-state index contributed by atoms with van der Waals surface area (Å²) in [5, 5.41) is 3.49. The van der Waals surface area contributed by atoms with E-state index in [2.05, 4.69) is 12.2 Å². The van der Waals surface area contributed by atoms with Gasteiger partial charge in [-0.1, -0.05) is 83.3 Å². The first-order valence-corrected chi connectivity index (χ1v) is 13.4. The number of nitrogens with one attached hydrogen (secondary N) is 1. The van der Waals surface area contributed by atoms with Crippen LogP contribution in [0.15, 0.2) is 33.5 Å². The van der Waals surface area contributed by atoms with Crippen LogP contribution in [0.4, 0.5) is 0 Å². The number of hydrogen-bond acceptors (Lipinski definition) is 5. The Morgan fingerprint density at radius 2 is 1.53 bits per heavy atom. The van der Waals surface area contributed by atoms with E-state index >= 15 is 0 Å². The molecule has 0 bridgehead atoms. The molecule has 1 aromatic heterocycles. The zero-order valence-corrected chi connectivity index (χ0v) is 21.9. The molecule has 1 atom stereocenters. The number of nitrogens with two attached hydrogens (primary N) is 1. The fourth-order valence-electron chi connectivity index (χ4n) is 4.47. The van der Waals surface area contributed by atoms with Crippen LogP contribution in [0.3, 0.4) is 0 Å². The minimum absolute atomic E-state index is 0.00966. The quantitative estimate of drug-likeness (QED) is 0.214. The molecular weight excluding hydrogens is 456 g/mol. The summed E-state index contributed by atoms with van der Waals surface area (Å²) in [4.78, 5) is 48.5. The number of hydrogen-bond donors (Lipinski definition) is 2. The van der Waals surface area contributed by atoms with Gasteiger partial charge in [0.2, 0.25) is 11.8 Å². The van der Waals surface area contributed by atoms with Crippen LogP contribution in [0.1, 0.15) is 102 Å². The third-order valence-electron chi connectivity index (χ3n) is 6.53. The van der Waals surface area contributed by atoms with Gasteiger partial charge in [-0.3, -0.25) is 14.4 Å².